The Morgan fingerprint density at radius 2 is 1.75 bits per heavy atom. The SMILES string of the molecule is CCSCCOCCOCCS. The molecule has 0 aromatic rings. The van der Waals surface area contributed by atoms with Crippen molar-refractivity contribution in [3.8, 4) is 0 Å². The highest BCUT2D eigenvalue weighted by molar-refractivity contribution is 7.99. The van der Waals surface area contributed by atoms with E-state index < -0.39 is 0 Å². The summed E-state index contributed by atoms with van der Waals surface area (Å²) in [7, 11) is 0. The fraction of sp³-hybridized carbons (Fsp3) is 1.00. The van der Waals surface area contributed by atoms with Crippen molar-refractivity contribution in [1.29, 1.82) is 0 Å². The minimum absolute atomic E-state index is 0.692. The third kappa shape index (κ3) is 10.6. The molecule has 0 radical (unpaired) electrons. The number of thiol groups is 1. The second kappa shape index (κ2) is 11.6. The molecule has 0 bridgehead atoms. The van der Waals surface area contributed by atoms with Crippen LogP contribution in [0.3, 0.4) is 0 Å². The van der Waals surface area contributed by atoms with E-state index in [4.69, 9.17) is 9.47 Å². The normalized spacial score (nSPS) is 10.5. The summed E-state index contributed by atoms with van der Waals surface area (Å²) in [6.45, 7) is 5.11. The third-order valence-electron chi connectivity index (χ3n) is 1.18. The molecule has 2 nitrogen and oxygen atoms in total. The third-order valence-corrected chi connectivity index (χ3v) is 2.23. The van der Waals surface area contributed by atoms with Crippen LogP contribution in [0.4, 0.5) is 0 Å². The topological polar surface area (TPSA) is 18.5 Å². The molecule has 0 aliphatic heterocycles. The lowest BCUT2D eigenvalue weighted by atomic mass is 10.7. The smallest absolute Gasteiger partial charge is 0.0700 e. The summed E-state index contributed by atoms with van der Waals surface area (Å²) in [6.07, 6.45) is 0. The van der Waals surface area contributed by atoms with E-state index in [1.807, 2.05) is 11.8 Å². The fourth-order valence-electron chi connectivity index (χ4n) is 0.649. The predicted molar refractivity (Wildman–Crippen MR) is 58.5 cm³/mol. The average molecular weight is 210 g/mol. The van der Waals surface area contributed by atoms with Gasteiger partial charge in [0.25, 0.3) is 0 Å². The monoisotopic (exact) mass is 210 g/mol. The van der Waals surface area contributed by atoms with Crippen molar-refractivity contribution in [3.05, 3.63) is 0 Å². The van der Waals surface area contributed by atoms with E-state index in [-0.39, 0.29) is 0 Å². The zero-order valence-corrected chi connectivity index (χ0v) is 9.33. The largest absolute Gasteiger partial charge is 0.378 e. The first-order valence-electron chi connectivity index (χ1n) is 4.26. The second-order valence-corrected chi connectivity index (χ2v) is 3.99. The van der Waals surface area contributed by atoms with Crippen molar-refractivity contribution in [2.24, 2.45) is 0 Å². The van der Waals surface area contributed by atoms with Gasteiger partial charge in [-0.2, -0.15) is 24.4 Å². The van der Waals surface area contributed by atoms with E-state index in [2.05, 4.69) is 19.6 Å². The van der Waals surface area contributed by atoms with Gasteiger partial charge in [-0.1, -0.05) is 6.92 Å². The summed E-state index contributed by atoms with van der Waals surface area (Å²) < 4.78 is 10.5. The first-order valence-corrected chi connectivity index (χ1v) is 6.04. The number of hydrogen-bond acceptors (Lipinski definition) is 4. The van der Waals surface area contributed by atoms with Crippen molar-refractivity contribution >= 4 is 24.4 Å². The van der Waals surface area contributed by atoms with Gasteiger partial charge in [-0.05, 0) is 5.75 Å². The zero-order chi connectivity index (χ0) is 9.07. The molecule has 0 saturated heterocycles. The molecule has 0 fully saturated rings. The first kappa shape index (κ1) is 12.6. The van der Waals surface area contributed by atoms with E-state index in [0.29, 0.717) is 13.2 Å². The van der Waals surface area contributed by atoms with Gasteiger partial charge in [0.2, 0.25) is 0 Å². The minimum Gasteiger partial charge on any atom is -0.378 e. The Balaban J connectivity index is 2.73. The van der Waals surface area contributed by atoms with Gasteiger partial charge in [0.15, 0.2) is 0 Å². The van der Waals surface area contributed by atoms with Crippen molar-refractivity contribution < 1.29 is 9.47 Å². The van der Waals surface area contributed by atoms with Crippen LogP contribution in [0.15, 0.2) is 0 Å². The Labute approximate surface area is 84.8 Å². The molecule has 12 heavy (non-hydrogen) atoms. The van der Waals surface area contributed by atoms with Crippen molar-refractivity contribution in [1.82, 2.24) is 0 Å². The van der Waals surface area contributed by atoms with Gasteiger partial charge in [0.05, 0.1) is 26.4 Å². The maximum atomic E-state index is 5.31. The lowest BCUT2D eigenvalue weighted by Crippen LogP contribution is -2.07. The molecule has 0 aromatic heterocycles. The molecule has 0 aliphatic carbocycles. The van der Waals surface area contributed by atoms with Crippen LogP contribution in [0.2, 0.25) is 0 Å². The molecule has 0 atom stereocenters. The van der Waals surface area contributed by atoms with Crippen LogP contribution in [0.5, 0.6) is 0 Å². The number of hydrogen-bond donors (Lipinski definition) is 1. The second-order valence-electron chi connectivity index (χ2n) is 2.15. The molecule has 0 aliphatic rings. The Morgan fingerprint density at radius 3 is 2.33 bits per heavy atom. The van der Waals surface area contributed by atoms with Crippen LogP contribution < -0.4 is 0 Å². The molecule has 0 amide bonds. The van der Waals surface area contributed by atoms with Gasteiger partial charge in [-0.25, -0.2) is 0 Å². The average Bonchev–Trinajstić information content (AvgIpc) is 2.10. The van der Waals surface area contributed by atoms with Gasteiger partial charge < -0.3 is 9.47 Å². The van der Waals surface area contributed by atoms with E-state index in [0.717, 1.165) is 24.7 Å². The Bertz CT molecular complexity index is 71.5. The highest BCUT2D eigenvalue weighted by atomic mass is 32.2. The summed E-state index contributed by atoms with van der Waals surface area (Å²) in [6, 6.07) is 0. The molecule has 0 N–H and O–H groups in total. The van der Waals surface area contributed by atoms with Crippen molar-refractivity contribution in [2.45, 2.75) is 6.92 Å². The summed E-state index contributed by atoms with van der Waals surface area (Å²) >= 11 is 5.92. The van der Waals surface area contributed by atoms with Crippen LogP contribution >= 0.6 is 24.4 Å². The number of thioether (sulfide) groups is 1. The lowest BCUT2D eigenvalue weighted by Gasteiger charge is -2.03. The van der Waals surface area contributed by atoms with Crippen molar-refractivity contribution in [2.75, 3.05) is 43.7 Å². The maximum Gasteiger partial charge on any atom is 0.0700 e. The van der Waals surface area contributed by atoms with Gasteiger partial charge in [0.1, 0.15) is 0 Å². The standard InChI is InChI=1S/C8H18O2S2/c1-2-12-8-6-10-4-3-9-5-7-11/h11H,2-8H2,1H3. The van der Waals surface area contributed by atoms with Crippen molar-refractivity contribution in [3.63, 3.8) is 0 Å². The zero-order valence-electron chi connectivity index (χ0n) is 7.62. The maximum absolute atomic E-state index is 5.31. The van der Waals surface area contributed by atoms with E-state index >= 15 is 0 Å². The highest BCUT2D eigenvalue weighted by Gasteiger charge is 1.88. The van der Waals surface area contributed by atoms with Crippen LogP contribution in [0.25, 0.3) is 0 Å². The summed E-state index contributed by atoms with van der Waals surface area (Å²) in [5.74, 6) is 3.04. The summed E-state index contributed by atoms with van der Waals surface area (Å²) in [4.78, 5) is 0. The van der Waals surface area contributed by atoms with E-state index in [1.54, 1.807) is 0 Å². The summed E-state index contributed by atoms with van der Waals surface area (Å²) in [5, 5.41) is 0. The lowest BCUT2D eigenvalue weighted by molar-refractivity contribution is 0.0606. The number of ether oxygens (including phenoxy) is 2. The Kier molecular flexibility index (Phi) is 12.2. The minimum atomic E-state index is 0.692. The number of rotatable bonds is 9. The Morgan fingerprint density at radius 1 is 1.08 bits per heavy atom. The Hall–Kier alpha value is 0.620. The molecule has 0 spiro atoms. The van der Waals surface area contributed by atoms with Crippen LogP contribution in [0, 0.1) is 0 Å². The van der Waals surface area contributed by atoms with Gasteiger partial charge in [-0.3, -0.25) is 0 Å². The molecule has 0 saturated carbocycles. The molecule has 0 heterocycles. The molecular formula is C8H18O2S2. The fourth-order valence-corrected chi connectivity index (χ4v) is 1.30. The highest BCUT2D eigenvalue weighted by Crippen LogP contribution is 1.96. The van der Waals surface area contributed by atoms with Gasteiger partial charge in [0, 0.05) is 11.5 Å². The molecule has 74 valence electrons. The van der Waals surface area contributed by atoms with E-state index in [1.165, 1.54) is 5.75 Å². The predicted octanol–water partition coefficient (Wildman–Crippen LogP) is 1.70. The molecule has 0 aromatic carbocycles. The van der Waals surface area contributed by atoms with Crippen LogP contribution in [-0.2, 0) is 9.47 Å². The van der Waals surface area contributed by atoms with E-state index in [9.17, 15) is 0 Å². The summed E-state index contributed by atoms with van der Waals surface area (Å²) in [5.41, 5.74) is 0. The molecular weight excluding hydrogens is 192 g/mol. The first-order chi connectivity index (χ1) is 5.91. The van der Waals surface area contributed by atoms with Crippen LogP contribution in [-0.4, -0.2) is 43.7 Å². The van der Waals surface area contributed by atoms with Crippen LogP contribution in [0.1, 0.15) is 6.92 Å². The quantitative estimate of drug-likeness (QED) is 0.461. The van der Waals surface area contributed by atoms with Gasteiger partial charge >= 0.3 is 0 Å². The van der Waals surface area contributed by atoms with Gasteiger partial charge in [-0.15, -0.1) is 0 Å². The molecule has 0 unspecified atom stereocenters. The molecule has 4 heteroatoms. The molecule has 0 rings (SSSR count).